The zero-order valence-electron chi connectivity index (χ0n) is 30.4. The Bertz CT molecular complexity index is 1750. The summed E-state index contributed by atoms with van der Waals surface area (Å²) >= 11 is 0. The minimum Gasteiger partial charge on any atom is -0.456 e. The second kappa shape index (κ2) is 15.5. The Morgan fingerprint density at radius 1 is 0.769 bits per heavy atom. The number of piperidine rings is 1. The van der Waals surface area contributed by atoms with Crippen LogP contribution in [0.15, 0.2) is 36.4 Å². The minimum absolute atomic E-state index is 0.00923. The standard InChI is InChI=1S/C40H48N2O10/c1-5-6-18-49-38(47)41-17-7-8-32(41)36(45)50-22-33(43)26-12-15-30-24(19-26)9-10-25-20-27(13-16-31(25)30)34(44)23-51-37(46)35-28-11-14-29(21-28)42(35)39(48)52-40(2,3)4/h12-13,15-16,19-20,28-29,32,35H,5-11,14,17-18,21-23H2,1-4H3. The van der Waals surface area contributed by atoms with Crippen LogP contribution in [0, 0.1) is 5.92 Å². The Hall–Kier alpha value is -4.74. The van der Waals surface area contributed by atoms with Gasteiger partial charge in [-0.1, -0.05) is 37.6 Å². The van der Waals surface area contributed by atoms with Gasteiger partial charge >= 0.3 is 24.1 Å². The van der Waals surface area contributed by atoms with Crippen molar-refractivity contribution in [2.75, 3.05) is 26.4 Å². The van der Waals surface area contributed by atoms with Crippen molar-refractivity contribution in [2.24, 2.45) is 5.92 Å². The maximum atomic E-state index is 13.2. The summed E-state index contributed by atoms with van der Waals surface area (Å²) < 4.78 is 21.7. The lowest BCUT2D eigenvalue weighted by Gasteiger charge is -2.35. The van der Waals surface area contributed by atoms with Crippen LogP contribution < -0.4 is 0 Å². The van der Waals surface area contributed by atoms with E-state index in [1.54, 1.807) is 32.9 Å². The van der Waals surface area contributed by atoms with Crippen molar-refractivity contribution in [1.29, 1.82) is 0 Å². The third-order valence-electron chi connectivity index (χ3n) is 10.4. The van der Waals surface area contributed by atoms with Crippen LogP contribution >= 0.6 is 0 Å². The van der Waals surface area contributed by atoms with Crippen LogP contribution in [0.2, 0.25) is 0 Å². The van der Waals surface area contributed by atoms with Gasteiger partial charge in [0.05, 0.1) is 6.61 Å². The van der Waals surface area contributed by atoms with Gasteiger partial charge in [-0.3, -0.25) is 19.4 Å². The van der Waals surface area contributed by atoms with E-state index in [0.717, 1.165) is 54.4 Å². The maximum absolute atomic E-state index is 13.2. The van der Waals surface area contributed by atoms with Crippen LogP contribution in [0.25, 0.3) is 11.1 Å². The van der Waals surface area contributed by atoms with Crippen molar-refractivity contribution in [3.63, 3.8) is 0 Å². The van der Waals surface area contributed by atoms with E-state index >= 15 is 0 Å². The van der Waals surface area contributed by atoms with Gasteiger partial charge in [0, 0.05) is 23.7 Å². The van der Waals surface area contributed by atoms with Crippen molar-refractivity contribution in [1.82, 2.24) is 9.80 Å². The molecule has 2 bridgehead atoms. The van der Waals surface area contributed by atoms with Crippen LogP contribution in [-0.2, 0) is 41.4 Å². The van der Waals surface area contributed by atoms with Gasteiger partial charge < -0.3 is 18.9 Å². The first-order valence-corrected chi connectivity index (χ1v) is 18.4. The summed E-state index contributed by atoms with van der Waals surface area (Å²) in [5, 5.41) is 0. The quantitative estimate of drug-likeness (QED) is 0.116. The number of likely N-dealkylation sites (tertiary alicyclic amines) is 2. The average molecular weight is 717 g/mol. The van der Waals surface area contributed by atoms with Crippen LogP contribution in [0.5, 0.6) is 0 Å². The summed E-state index contributed by atoms with van der Waals surface area (Å²) in [7, 11) is 0. The van der Waals surface area contributed by atoms with Gasteiger partial charge in [0.2, 0.25) is 0 Å². The molecule has 2 aromatic rings. The second-order valence-electron chi connectivity index (χ2n) is 15.2. The zero-order chi connectivity index (χ0) is 37.2. The molecule has 0 aromatic heterocycles. The highest BCUT2D eigenvalue weighted by Gasteiger charge is 2.53. The summed E-state index contributed by atoms with van der Waals surface area (Å²) in [6, 6.07) is 9.20. The molecule has 4 unspecified atom stereocenters. The lowest BCUT2D eigenvalue weighted by molar-refractivity contribution is -0.150. The number of ether oxygens (including phenoxy) is 4. The number of aryl methyl sites for hydroxylation is 2. The Balaban J connectivity index is 1.03. The molecule has 2 saturated heterocycles. The zero-order valence-corrected chi connectivity index (χ0v) is 30.4. The summed E-state index contributed by atoms with van der Waals surface area (Å²) in [5.41, 5.74) is 3.98. The van der Waals surface area contributed by atoms with Crippen LogP contribution in [0.1, 0.15) is 104 Å². The lowest BCUT2D eigenvalue weighted by Crippen LogP contribution is -2.51. The maximum Gasteiger partial charge on any atom is 0.411 e. The molecule has 278 valence electrons. The molecule has 2 aliphatic carbocycles. The SMILES string of the molecule is CCCCOC(=O)N1CCCC1C(=O)OCC(=O)c1ccc2c(c1)CCc1cc(C(=O)COC(=O)C3C4CCC(C4)N3C(=O)OC(C)(C)C)ccc1-2. The monoisotopic (exact) mass is 716 g/mol. The molecule has 2 amide bonds. The number of Topliss-reactive ketones (excluding diaryl/α,β-unsaturated/α-hetero) is 2. The van der Waals surface area contributed by atoms with E-state index in [4.69, 9.17) is 18.9 Å². The normalized spacial score (nSPS) is 21.6. The topological polar surface area (TPSA) is 146 Å². The molecule has 6 rings (SSSR count). The molecule has 2 aliphatic heterocycles. The molecule has 1 saturated carbocycles. The van der Waals surface area contributed by atoms with Gasteiger partial charge in [0.25, 0.3) is 0 Å². The van der Waals surface area contributed by atoms with Crippen molar-refractivity contribution < 1.29 is 47.7 Å². The molecule has 3 fully saturated rings. The Morgan fingerprint density at radius 3 is 1.98 bits per heavy atom. The molecule has 52 heavy (non-hydrogen) atoms. The van der Waals surface area contributed by atoms with Gasteiger partial charge in [-0.2, -0.15) is 0 Å². The smallest absolute Gasteiger partial charge is 0.411 e. The molecule has 12 nitrogen and oxygen atoms in total. The highest BCUT2D eigenvalue weighted by Crippen LogP contribution is 2.43. The van der Waals surface area contributed by atoms with Crippen LogP contribution in [0.4, 0.5) is 9.59 Å². The number of ketones is 2. The average Bonchev–Trinajstić information content (AvgIpc) is 3.89. The number of hydrogen-bond acceptors (Lipinski definition) is 10. The highest BCUT2D eigenvalue weighted by atomic mass is 16.6. The molecule has 0 spiro atoms. The molecular weight excluding hydrogens is 668 g/mol. The first-order chi connectivity index (χ1) is 24.8. The number of benzene rings is 2. The molecule has 0 N–H and O–H groups in total. The Labute approximate surface area is 304 Å². The van der Waals surface area contributed by atoms with Crippen molar-refractivity contribution in [2.45, 2.75) is 109 Å². The number of amides is 2. The third-order valence-corrected chi connectivity index (χ3v) is 10.4. The first kappa shape index (κ1) is 37.0. The number of esters is 2. The van der Waals surface area contributed by atoms with Gasteiger partial charge in [-0.15, -0.1) is 0 Å². The van der Waals surface area contributed by atoms with E-state index in [0.29, 0.717) is 50.0 Å². The number of carbonyl (C=O) groups is 6. The second-order valence-corrected chi connectivity index (χ2v) is 15.2. The first-order valence-electron chi connectivity index (χ1n) is 18.4. The van der Waals surface area contributed by atoms with Gasteiger partial charge in [-0.25, -0.2) is 19.2 Å². The summed E-state index contributed by atoms with van der Waals surface area (Å²) in [6.45, 7) is 7.19. The molecule has 4 atom stereocenters. The largest absolute Gasteiger partial charge is 0.456 e. The summed E-state index contributed by atoms with van der Waals surface area (Å²) in [6.07, 6.45) is 5.32. The molecule has 12 heteroatoms. The fourth-order valence-corrected chi connectivity index (χ4v) is 7.85. The van der Waals surface area contributed by atoms with Crippen LogP contribution in [-0.4, -0.2) is 95.6 Å². The van der Waals surface area contributed by atoms with E-state index in [2.05, 4.69) is 0 Å². The number of rotatable bonds is 11. The predicted molar refractivity (Wildman–Crippen MR) is 189 cm³/mol. The molecule has 2 heterocycles. The summed E-state index contributed by atoms with van der Waals surface area (Å²) in [5.74, 6) is -1.88. The van der Waals surface area contributed by atoms with Gasteiger partial charge in [0.15, 0.2) is 24.8 Å². The third kappa shape index (κ3) is 8.00. The van der Waals surface area contributed by atoms with Crippen molar-refractivity contribution >= 4 is 35.7 Å². The van der Waals surface area contributed by atoms with E-state index < -0.39 is 55.0 Å². The van der Waals surface area contributed by atoms with E-state index in [1.165, 1.54) is 9.80 Å². The van der Waals surface area contributed by atoms with Crippen molar-refractivity contribution in [3.05, 3.63) is 58.7 Å². The van der Waals surface area contributed by atoms with E-state index in [1.807, 2.05) is 31.2 Å². The van der Waals surface area contributed by atoms with Crippen LogP contribution in [0.3, 0.4) is 0 Å². The number of carbonyl (C=O) groups excluding carboxylic acids is 6. The molecular formula is C40H48N2O10. The van der Waals surface area contributed by atoms with Gasteiger partial charge in [-0.05, 0) is 112 Å². The molecule has 2 aromatic carbocycles. The molecule has 0 radical (unpaired) electrons. The van der Waals surface area contributed by atoms with Gasteiger partial charge in [0.1, 0.15) is 17.7 Å². The van der Waals surface area contributed by atoms with Crippen molar-refractivity contribution in [3.8, 4) is 11.1 Å². The Kier molecular flexibility index (Phi) is 11.0. The number of nitrogens with zero attached hydrogens (tertiary/aromatic N) is 2. The number of fused-ring (bicyclic) bond motifs is 5. The molecule has 4 aliphatic rings. The Morgan fingerprint density at radius 2 is 1.38 bits per heavy atom. The minimum atomic E-state index is -0.761. The fraction of sp³-hybridized carbons (Fsp3) is 0.550. The fourth-order valence-electron chi connectivity index (χ4n) is 7.85. The lowest BCUT2D eigenvalue weighted by atomic mass is 9.83. The van der Waals surface area contributed by atoms with E-state index in [-0.39, 0.29) is 23.5 Å². The highest BCUT2D eigenvalue weighted by molar-refractivity contribution is 6.00. The predicted octanol–water partition coefficient (Wildman–Crippen LogP) is 6.09. The summed E-state index contributed by atoms with van der Waals surface area (Å²) in [4.78, 5) is 80.6. The number of hydrogen-bond donors (Lipinski definition) is 0. The number of unbranched alkanes of at least 4 members (excludes halogenated alkanes) is 1. The van der Waals surface area contributed by atoms with E-state index in [9.17, 15) is 28.8 Å².